The van der Waals surface area contributed by atoms with E-state index >= 15 is 0 Å². The molecule has 1 saturated carbocycles. The molecule has 0 radical (unpaired) electrons. The normalized spacial score (nSPS) is 16.6. The minimum absolute atomic E-state index is 0.0329. The van der Waals surface area contributed by atoms with Crippen LogP contribution in [0.3, 0.4) is 0 Å². The quantitative estimate of drug-likeness (QED) is 0.201. The highest BCUT2D eigenvalue weighted by molar-refractivity contribution is 6.04. The number of nitrogens with one attached hydrogen (secondary N) is 3. The first-order valence-corrected chi connectivity index (χ1v) is 13.1. The first-order chi connectivity index (χ1) is 19.4. The molecule has 0 aliphatic heterocycles. The molecule has 40 heavy (non-hydrogen) atoms. The van der Waals surface area contributed by atoms with E-state index in [2.05, 4.69) is 26.1 Å². The van der Waals surface area contributed by atoms with Crippen LogP contribution in [0.15, 0.2) is 83.3 Å². The van der Waals surface area contributed by atoms with Gasteiger partial charge in [-0.15, -0.1) is 5.10 Å². The highest BCUT2D eigenvalue weighted by Gasteiger charge is 2.24. The Morgan fingerprint density at radius 3 is 2.20 bits per heavy atom. The van der Waals surface area contributed by atoms with Crippen LogP contribution in [0, 0.1) is 5.92 Å². The fraction of sp³-hybridized carbons (Fsp3) is 0.233. The molecule has 4 aromatic rings. The van der Waals surface area contributed by atoms with Gasteiger partial charge in [-0.2, -0.15) is 0 Å². The number of carbonyl (C=O) groups excluding carboxylic acids is 2. The van der Waals surface area contributed by atoms with Crippen LogP contribution >= 0.6 is 0 Å². The second-order valence-electron chi connectivity index (χ2n) is 9.83. The zero-order chi connectivity index (χ0) is 27.9. The summed E-state index contributed by atoms with van der Waals surface area (Å²) in [6, 6.07) is 23.6. The van der Waals surface area contributed by atoms with Crippen molar-refractivity contribution in [2.24, 2.45) is 5.92 Å². The van der Waals surface area contributed by atoms with Crippen molar-refractivity contribution in [3.8, 4) is 0 Å². The molecule has 0 atom stereocenters. The zero-order valence-electron chi connectivity index (χ0n) is 21.7. The van der Waals surface area contributed by atoms with Gasteiger partial charge in [0.2, 0.25) is 0 Å². The number of rotatable bonds is 9. The summed E-state index contributed by atoms with van der Waals surface area (Å²) in [5, 5.41) is 25.3. The first kappa shape index (κ1) is 26.6. The molecule has 0 bridgehead atoms. The molecule has 0 unspecified atom stereocenters. The molecule has 3 aromatic carbocycles. The summed E-state index contributed by atoms with van der Waals surface area (Å²) in [6.07, 6.45) is 3.99. The summed E-state index contributed by atoms with van der Waals surface area (Å²) in [5.41, 5.74) is 3.49. The minimum Gasteiger partial charge on any atom is -0.481 e. The molecule has 1 heterocycles. The Morgan fingerprint density at radius 1 is 0.775 bits per heavy atom. The maximum Gasteiger partial charge on any atom is 0.320 e. The van der Waals surface area contributed by atoms with Crippen LogP contribution in [0.25, 0.3) is 0 Å². The minimum atomic E-state index is -0.730. The molecular formula is C30H29N5O5. The Kier molecular flexibility index (Phi) is 8.15. The van der Waals surface area contributed by atoms with Crippen LogP contribution in [0.4, 0.5) is 23.1 Å². The summed E-state index contributed by atoms with van der Waals surface area (Å²) in [5.74, 6) is -1.05. The number of aromatic nitrogens is 2. The summed E-state index contributed by atoms with van der Waals surface area (Å²) in [7, 11) is 0. The third-order valence-electron chi connectivity index (χ3n) is 6.98. The lowest BCUT2D eigenvalue weighted by Gasteiger charge is -2.28. The molecule has 5 rings (SSSR count). The van der Waals surface area contributed by atoms with Crippen molar-refractivity contribution in [2.45, 2.75) is 38.0 Å². The maximum atomic E-state index is 12.7. The molecule has 10 nitrogen and oxygen atoms in total. The van der Waals surface area contributed by atoms with Crippen molar-refractivity contribution in [3.63, 3.8) is 0 Å². The third-order valence-corrected chi connectivity index (χ3v) is 6.98. The molecule has 1 aliphatic rings. The lowest BCUT2D eigenvalue weighted by Crippen LogP contribution is -2.16. The Balaban J connectivity index is 1.14. The van der Waals surface area contributed by atoms with Gasteiger partial charge in [0.05, 0.1) is 0 Å². The van der Waals surface area contributed by atoms with Gasteiger partial charge < -0.3 is 25.5 Å². The number of carboxylic acid groups (broad SMARTS) is 1. The molecule has 1 aliphatic carbocycles. The van der Waals surface area contributed by atoms with Crippen LogP contribution in [-0.4, -0.2) is 33.1 Å². The predicted octanol–water partition coefficient (Wildman–Crippen LogP) is 6.07. The number of hydrogen-bond acceptors (Lipinski definition) is 7. The largest absolute Gasteiger partial charge is 0.481 e. The van der Waals surface area contributed by atoms with Gasteiger partial charge in [-0.3, -0.25) is 14.4 Å². The van der Waals surface area contributed by atoms with Crippen molar-refractivity contribution in [1.29, 1.82) is 0 Å². The summed E-state index contributed by atoms with van der Waals surface area (Å²) >= 11 is 0. The summed E-state index contributed by atoms with van der Waals surface area (Å²) in [4.78, 5) is 36.0. The van der Waals surface area contributed by atoms with E-state index in [9.17, 15) is 14.4 Å². The van der Waals surface area contributed by atoms with Gasteiger partial charge >= 0.3 is 23.8 Å². The zero-order valence-corrected chi connectivity index (χ0v) is 21.7. The Morgan fingerprint density at radius 2 is 1.48 bits per heavy atom. The number of benzene rings is 3. The van der Waals surface area contributed by atoms with Crippen molar-refractivity contribution >= 4 is 40.9 Å². The van der Waals surface area contributed by atoms with E-state index in [4.69, 9.17) is 9.52 Å². The smallest absolute Gasteiger partial charge is 0.320 e. The van der Waals surface area contributed by atoms with E-state index in [1.165, 1.54) is 5.56 Å². The predicted molar refractivity (Wildman–Crippen MR) is 150 cm³/mol. The number of hydrogen-bond donors (Lipinski definition) is 4. The monoisotopic (exact) mass is 539 g/mol. The van der Waals surface area contributed by atoms with Crippen LogP contribution in [0.5, 0.6) is 0 Å². The van der Waals surface area contributed by atoms with E-state index < -0.39 is 11.9 Å². The first-order valence-electron chi connectivity index (χ1n) is 13.1. The van der Waals surface area contributed by atoms with Crippen LogP contribution in [0.2, 0.25) is 0 Å². The van der Waals surface area contributed by atoms with Gasteiger partial charge in [-0.05, 0) is 85.5 Å². The molecule has 4 N–H and O–H groups in total. The Bertz CT molecular complexity index is 1480. The lowest BCUT2D eigenvalue weighted by molar-refractivity contribution is -0.138. The average molecular weight is 540 g/mol. The second-order valence-corrected chi connectivity index (χ2v) is 9.83. The third kappa shape index (κ3) is 6.90. The Hall–Kier alpha value is -4.99. The van der Waals surface area contributed by atoms with Gasteiger partial charge in [-0.25, -0.2) is 0 Å². The summed E-state index contributed by atoms with van der Waals surface area (Å²) in [6.45, 7) is 0. The fourth-order valence-corrected chi connectivity index (χ4v) is 4.93. The highest BCUT2D eigenvalue weighted by atomic mass is 16.4. The molecule has 0 spiro atoms. The Labute approximate surface area is 230 Å². The molecule has 0 saturated heterocycles. The van der Waals surface area contributed by atoms with Gasteiger partial charge in [0, 0.05) is 29.0 Å². The van der Waals surface area contributed by atoms with E-state index in [0.717, 1.165) is 25.7 Å². The van der Waals surface area contributed by atoms with Crippen LogP contribution in [0.1, 0.15) is 64.6 Å². The average Bonchev–Trinajstić information content (AvgIpc) is 3.43. The number of carboxylic acids is 1. The van der Waals surface area contributed by atoms with Crippen molar-refractivity contribution < 1.29 is 23.9 Å². The van der Waals surface area contributed by atoms with Gasteiger partial charge in [-0.1, -0.05) is 41.5 Å². The maximum absolute atomic E-state index is 12.7. The molecule has 2 amide bonds. The SMILES string of the molecule is O=C(O)C[C@H]1CC[C@H](c2ccc(NC(=O)c3nnc(Nc4cccc(NC(=O)c5ccccc5)c4)o3)cc2)CC1. The van der Waals surface area contributed by atoms with Crippen LogP contribution < -0.4 is 16.0 Å². The van der Waals surface area contributed by atoms with Crippen molar-refractivity contribution in [3.05, 3.63) is 95.9 Å². The van der Waals surface area contributed by atoms with E-state index in [1.54, 1.807) is 48.5 Å². The molecule has 1 fully saturated rings. The van der Waals surface area contributed by atoms with Crippen LogP contribution in [-0.2, 0) is 4.79 Å². The van der Waals surface area contributed by atoms with Crippen molar-refractivity contribution in [2.75, 3.05) is 16.0 Å². The molecular weight excluding hydrogens is 510 g/mol. The van der Waals surface area contributed by atoms with Crippen molar-refractivity contribution in [1.82, 2.24) is 10.2 Å². The van der Waals surface area contributed by atoms with E-state index in [-0.39, 0.29) is 30.2 Å². The van der Waals surface area contributed by atoms with Gasteiger partial charge in [0.1, 0.15) is 0 Å². The fourth-order valence-electron chi connectivity index (χ4n) is 4.93. The highest BCUT2D eigenvalue weighted by Crippen LogP contribution is 2.37. The molecule has 10 heteroatoms. The number of aliphatic carboxylic acids is 1. The summed E-state index contributed by atoms with van der Waals surface area (Å²) < 4.78 is 5.49. The van der Waals surface area contributed by atoms with Gasteiger partial charge in [0.25, 0.3) is 5.91 Å². The van der Waals surface area contributed by atoms with E-state index in [1.807, 2.05) is 30.3 Å². The number of nitrogens with zero attached hydrogens (tertiary/aromatic N) is 2. The number of amides is 2. The van der Waals surface area contributed by atoms with Gasteiger partial charge in [0.15, 0.2) is 0 Å². The number of carbonyl (C=O) groups is 3. The lowest BCUT2D eigenvalue weighted by atomic mass is 9.77. The topological polar surface area (TPSA) is 146 Å². The standard InChI is InChI=1S/C30H29N5O5/c36-26(37)17-19-9-11-20(12-10-19)21-13-15-23(16-14-21)31-28(39)29-34-35-30(40-29)33-25-8-4-7-24(18-25)32-27(38)22-5-2-1-3-6-22/h1-8,13-16,18-20H,9-12,17H2,(H,31,39)(H,32,38)(H,33,35)(H,36,37)/t19-,20-. The number of anilines is 4. The van der Waals surface area contributed by atoms with E-state index in [0.29, 0.717) is 28.5 Å². The molecule has 1 aromatic heterocycles. The molecule has 204 valence electrons. The second kappa shape index (κ2) is 12.2.